The number of hydrogen-bond acceptors (Lipinski definition) is 3. The van der Waals surface area contributed by atoms with Gasteiger partial charge in [-0.15, -0.1) is 0 Å². The number of carboxylic acid groups (broad SMARTS) is 1. The normalized spacial score (nSPS) is 13.3. The van der Waals surface area contributed by atoms with Gasteiger partial charge in [-0.1, -0.05) is 60.7 Å². The highest BCUT2D eigenvalue weighted by molar-refractivity contribution is 9.10. The maximum Gasteiger partial charge on any atom is 0.408 e. The van der Waals surface area contributed by atoms with Gasteiger partial charge in [-0.05, 0) is 44.3 Å². The zero-order chi connectivity index (χ0) is 21.3. The lowest BCUT2D eigenvalue weighted by Crippen LogP contribution is -2.35. The lowest BCUT2D eigenvalue weighted by molar-refractivity contribution is -0.139. The van der Waals surface area contributed by atoms with Crippen LogP contribution in [0.15, 0.2) is 71.2 Å². The summed E-state index contributed by atoms with van der Waals surface area (Å²) in [4.78, 5) is 24.1. The summed E-state index contributed by atoms with van der Waals surface area (Å²) in [5.41, 5.74) is 4.38. The van der Waals surface area contributed by atoms with Crippen LogP contribution >= 0.6 is 15.9 Å². The van der Waals surface area contributed by atoms with Crippen LogP contribution in [0, 0.1) is 5.82 Å². The van der Waals surface area contributed by atoms with Crippen molar-refractivity contribution in [2.45, 2.75) is 12.0 Å². The number of hydrogen-bond donors (Lipinski definition) is 2. The van der Waals surface area contributed by atoms with Crippen LogP contribution < -0.4 is 5.32 Å². The fourth-order valence-corrected chi connectivity index (χ4v) is 4.27. The summed E-state index contributed by atoms with van der Waals surface area (Å²) < 4.78 is 19.2. The molecule has 2 N–H and O–H groups in total. The second-order valence-electron chi connectivity index (χ2n) is 6.88. The number of halogens is 2. The molecular weight excluding hydrogens is 453 g/mol. The van der Waals surface area contributed by atoms with E-state index in [-0.39, 0.29) is 22.6 Å². The molecule has 4 rings (SSSR count). The first-order valence-corrected chi connectivity index (χ1v) is 10.0. The molecule has 0 aliphatic heterocycles. The minimum absolute atomic E-state index is 0.0173. The molecule has 0 aromatic heterocycles. The Morgan fingerprint density at radius 1 is 1.00 bits per heavy atom. The third-order valence-corrected chi connectivity index (χ3v) is 5.98. The highest BCUT2D eigenvalue weighted by Gasteiger charge is 2.30. The zero-order valence-corrected chi connectivity index (χ0v) is 17.2. The van der Waals surface area contributed by atoms with Crippen molar-refractivity contribution in [3.05, 3.63) is 93.7 Å². The maximum absolute atomic E-state index is 13.8. The molecule has 0 saturated carbocycles. The van der Waals surface area contributed by atoms with Crippen LogP contribution in [0.5, 0.6) is 0 Å². The Bertz CT molecular complexity index is 1090. The van der Waals surface area contributed by atoms with Gasteiger partial charge in [-0.2, -0.15) is 0 Å². The number of benzene rings is 3. The van der Waals surface area contributed by atoms with E-state index in [0.717, 1.165) is 22.3 Å². The van der Waals surface area contributed by atoms with E-state index in [2.05, 4.69) is 21.2 Å². The smallest absolute Gasteiger partial charge is 0.408 e. The van der Waals surface area contributed by atoms with E-state index in [1.54, 1.807) is 0 Å². The van der Waals surface area contributed by atoms with Gasteiger partial charge in [0.1, 0.15) is 12.4 Å². The predicted molar refractivity (Wildman–Crippen MR) is 113 cm³/mol. The first kappa shape index (κ1) is 20.1. The number of ether oxygens (including phenoxy) is 1. The molecule has 0 fully saturated rings. The fraction of sp³-hybridized carbons (Fsp3) is 0.130. The lowest BCUT2D eigenvalue weighted by Gasteiger charge is -2.18. The Kier molecular flexibility index (Phi) is 5.55. The number of fused-ring (bicyclic) bond motifs is 3. The topological polar surface area (TPSA) is 75.6 Å². The van der Waals surface area contributed by atoms with E-state index in [1.165, 1.54) is 18.2 Å². The highest BCUT2D eigenvalue weighted by atomic mass is 79.9. The second kappa shape index (κ2) is 8.28. The maximum atomic E-state index is 13.8. The monoisotopic (exact) mass is 469 g/mol. The van der Waals surface area contributed by atoms with Gasteiger partial charge in [0.15, 0.2) is 6.04 Å². The standard InChI is InChI=1S/C23H17BrFNO4/c24-20-17(10-5-11-19(20)25)21(22(27)28)26-23(29)30-12-18-15-8-3-1-6-13(15)14-7-2-4-9-16(14)18/h1-11,18,21H,12H2,(H,26,29)(H,27,28). The Hall–Kier alpha value is -3.19. The van der Waals surface area contributed by atoms with Crippen molar-refractivity contribution in [2.75, 3.05) is 6.61 Å². The van der Waals surface area contributed by atoms with Crippen molar-refractivity contribution in [1.82, 2.24) is 5.32 Å². The number of alkyl carbamates (subject to hydrolysis) is 1. The van der Waals surface area contributed by atoms with Crippen LogP contribution in [0.3, 0.4) is 0 Å². The molecular formula is C23H17BrFNO4. The number of nitrogens with one attached hydrogen (secondary N) is 1. The fourth-order valence-electron chi connectivity index (χ4n) is 3.77. The highest BCUT2D eigenvalue weighted by Crippen LogP contribution is 2.44. The van der Waals surface area contributed by atoms with Gasteiger partial charge >= 0.3 is 12.1 Å². The third-order valence-electron chi connectivity index (χ3n) is 5.15. The van der Waals surface area contributed by atoms with E-state index >= 15 is 0 Å². The quantitative estimate of drug-likeness (QED) is 0.534. The SMILES string of the molecule is O=C(NC(C(=O)O)c1cccc(F)c1Br)OCC1c2ccccc2-c2ccccc21. The van der Waals surface area contributed by atoms with Crippen LogP contribution in [0.2, 0.25) is 0 Å². The van der Waals surface area contributed by atoms with Crippen molar-refractivity contribution in [2.24, 2.45) is 0 Å². The number of amides is 1. The number of carboxylic acids is 1. The van der Waals surface area contributed by atoms with Crippen molar-refractivity contribution in [1.29, 1.82) is 0 Å². The largest absolute Gasteiger partial charge is 0.479 e. The van der Waals surface area contributed by atoms with Crippen LogP contribution in [0.4, 0.5) is 9.18 Å². The van der Waals surface area contributed by atoms with E-state index in [4.69, 9.17) is 4.74 Å². The molecule has 5 nitrogen and oxygen atoms in total. The van der Waals surface area contributed by atoms with E-state index in [1.807, 2.05) is 48.5 Å². The summed E-state index contributed by atoms with van der Waals surface area (Å²) in [5, 5.41) is 11.8. The van der Waals surface area contributed by atoms with Crippen LogP contribution in [-0.4, -0.2) is 23.8 Å². The number of aliphatic carboxylic acids is 1. The third kappa shape index (κ3) is 3.68. The molecule has 3 aromatic rings. The predicted octanol–water partition coefficient (Wildman–Crippen LogP) is 5.25. The summed E-state index contributed by atoms with van der Waals surface area (Å²) in [6.45, 7) is 0.0521. The van der Waals surface area contributed by atoms with Crippen molar-refractivity contribution < 1.29 is 23.8 Å². The summed E-state index contributed by atoms with van der Waals surface area (Å²) >= 11 is 3.04. The van der Waals surface area contributed by atoms with Gasteiger partial charge in [0, 0.05) is 11.5 Å². The molecule has 0 spiro atoms. The van der Waals surface area contributed by atoms with E-state index in [9.17, 15) is 19.1 Å². The molecule has 1 unspecified atom stereocenters. The molecule has 1 amide bonds. The van der Waals surface area contributed by atoms with Crippen molar-refractivity contribution in [3.8, 4) is 11.1 Å². The molecule has 1 aliphatic carbocycles. The molecule has 0 saturated heterocycles. The number of carbonyl (C=O) groups excluding carboxylic acids is 1. The Morgan fingerprint density at radius 3 is 2.20 bits per heavy atom. The van der Waals surface area contributed by atoms with Gasteiger partial charge in [0.05, 0.1) is 4.47 Å². The molecule has 3 aromatic carbocycles. The Balaban J connectivity index is 1.51. The number of carbonyl (C=O) groups is 2. The van der Waals surface area contributed by atoms with Gasteiger partial charge in [0.25, 0.3) is 0 Å². The van der Waals surface area contributed by atoms with Gasteiger partial charge in [-0.3, -0.25) is 0 Å². The summed E-state index contributed by atoms with van der Waals surface area (Å²) in [6, 6.07) is 18.4. The number of rotatable bonds is 5. The molecule has 1 aliphatic rings. The van der Waals surface area contributed by atoms with Crippen LogP contribution in [0.1, 0.15) is 28.7 Å². The summed E-state index contributed by atoms with van der Waals surface area (Å²) in [5.74, 6) is -2.09. The Morgan fingerprint density at radius 2 is 1.60 bits per heavy atom. The van der Waals surface area contributed by atoms with Gasteiger partial charge < -0.3 is 15.2 Å². The molecule has 152 valence electrons. The van der Waals surface area contributed by atoms with Crippen LogP contribution in [-0.2, 0) is 9.53 Å². The first-order chi connectivity index (χ1) is 14.5. The van der Waals surface area contributed by atoms with Gasteiger partial charge in [0.2, 0.25) is 0 Å². The molecule has 30 heavy (non-hydrogen) atoms. The second-order valence-corrected chi connectivity index (χ2v) is 7.68. The average molecular weight is 470 g/mol. The zero-order valence-electron chi connectivity index (χ0n) is 15.6. The van der Waals surface area contributed by atoms with Crippen LogP contribution in [0.25, 0.3) is 11.1 Å². The average Bonchev–Trinajstić information content (AvgIpc) is 3.06. The molecule has 1 atom stereocenters. The van der Waals surface area contributed by atoms with Gasteiger partial charge in [-0.25, -0.2) is 14.0 Å². The van der Waals surface area contributed by atoms with E-state index in [0.29, 0.717) is 0 Å². The molecule has 0 heterocycles. The summed E-state index contributed by atoms with van der Waals surface area (Å²) in [6.07, 6.45) is -0.888. The van der Waals surface area contributed by atoms with Crippen molar-refractivity contribution >= 4 is 28.0 Å². The van der Waals surface area contributed by atoms with Crippen molar-refractivity contribution in [3.63, 3.8) is 0 Å². The molecule has 0 bridgehead atoms. The summed E-state index contributed by atoms with van der Waals surface area (Å²) in [7, 11) is 0. The lowest BCUT2D eigenvalue weighted by atomic mass is 9.98. The molecule has 7 heteroatoms. The Labute approximate surface area is 180 Å². The first-order valence-electron chi connectivity index (χ1n) is 9.25. The van der Waals surface area contributed by atoms with E-state index < -0.39 is 23.9 Å². The minimum atomic E-state index is -1.45. The molecule has 0 radical (unpaired) electrons. The minimum Gasteiger partial charge on any atom is -0.479 e.